The smallest absolute Gasteiger partial charge is 0.235 e. The molecule has 0 saturated carbocycles. The van der Waals surface area contributed by atoms with Crippen molar-refractivity contribution in [2.45, 2.75) is 0 Å². The van der Waals surface area contributed by atoms with Gasteiger partial charge in [0.25, 0.3) is 0 Å². The lowest BCUT2D eigenvalue weighted by molar-refractivity contribution is 1.02. The minimum Gasteiger partial charge on any atom is -0.276 e. The molecule has 0 spiro atoms. The highest BCUT2D eigenvalue weighted by Crippen LogP contribution is 2.55. The number of fused-ring (bicyclic) bond motifs is 40. The van der Waals surface area contributed by atoms with Crippen molar-refractivity contribution in [3.63, 3.8) is 0 Å². The van der Waals surface area contributed by atoms with Crippen LogP contribution >= 0.6 is 68.0 Å². The molecule has 0 amide bonds. The standard InChI is InChI=1S/2C44H25N3S2.C42H23N3S2/c1-2-13-26(14-3-1)27-15-12-16-28(25-27)39-43-40(33-21-8-11-24-36(33)49-43)46-44(45-39)47-34-22-9-6-19-31(34)37-29-17-4-5-18-30(29)38-32-20-7-10-23-35(32)48-42(38)41(37)47;1-2-12-26(13-3-1)27-22-24-28(25-23-27)39-43-40(33-18-8-11-21-36(33)49-43)46-44(45-39)47-34-19-9-6-16-31(34)37-29-14-4-5-15-30(29)38-32-17-7-10-20-35(32)48-42(38)41(37)47;1-2-14-25-24(12-1)13-11-20-28(25)37-41-38(31-19-7-10-23-34(31)47-41)44-42(43-37)45-32-21-8-5-17-29(32)35-26-15-3-4-16-27(26)36-30-18-6-9-22-33(30)46-40(36)39(35)45/h2*1-25H;1-23H. The summed E-state index contributed by atoms with van der Waals surface area (Å²) in [7, 11) is 0. The third kappa shape index (κ3) is 12.6. The summed E-state index contributed by atoms with van der Waals surface area (Å²) in [5.41, 5.74) is 20.7. The maximum atomic E-state index is 5.57. The number of para-hydroxylation sites is 3. The van der Waals surface area contributed by atoms with E-state index in [1.165, 1.54) is 189 Å². The molecule has 12 heterocycles. The Morgan fingerprint density at radius 3 is 0.814 bits per heavy atom. The number of benzene rings is 21. The second-order valence-corrected chi connectivity index (χ2v) is 43.4. The van der Waals surface area contributed by atoms with Crippen molar-refractivity contribution < 1.29 is 0 Å². The van der Waals surface area contributed by atoms with E-state index in [2.05, 4.69) is 457 Å². The number of hydrogen-bond acceptors (Lipinski definition) is 12. The van der Waals surface area contributed by atoms with Crippen LogP contribution in [0.25, 0.3) is 304 Å². The number of nitrogens with zero attached hydrogens (tertiary/aromatic N) is 9. The Kier molecular flexibility index (Phi) is 18.5. The van der Waals surface area contributed by atoms with E-state index in [0.29, 0.717) is 17.8 Å². The van der Waals surface area contributed by atoms with Crippen LogP contribution in [0.3, 0.4) is 0 Å². The zero-order valence-corrected chi connectivity index (χ0v) is 82.0. The Balaban J connectivity index is 0.0000000990. The fourth-order valence-electron chi connectivity index (χ4n) is 23.0. The molecule has 674 valence electrons. The molecule has 0 N–H and O–H groups in total. The predicted octanol–water partition coefficient (Wildman–Crippen LogP) is 37.9. The van der Waals surface area contributed by atoms with Gasteiger partial charge in [0.15, 0.2) is 0 Å². The first-order valence-corrected chi connectivity index (χ1v) is 53.5. The van der Waals surface area contributed by atoms with Crippen molar-refractivity contribution in [1.29, 1.82) is 0 Å². The molecule has 0 unspecified atom stereocenters. The summed E-state index contributed by atoms with van der Waals surface area (Å²) in [6.07, 6.45) is 0. The summed E-state index contributed by atoms with van der Waals surface area (Å²) < 4.78 is 21.6. The van der Waals surface area contributed by atoms with Crippen LogP contribution < -0.4 is 0 Å². The molecule has 145 heavy (non-hydrogen) atoms. The summed E-state index contributed by atoms with van der Waals surface area (Å²) in [6.45, 7) is 0. The Labute approximate surface area is 850 Å². The van der Waals surface area contributed by atoms with Crippen LogP contribution in [-0.2, 0) is 0 Å². The van der Waals surface area contributed by atoms with E-state index in [1.807, 2.05) is 34.0 Å². The van der Waals surface area contributed by atoms with Gasteiger partial charge in [0, 0.05) is 126 Å². The van der Waals surface area contributed by atoms with E-state index in [-0.39, 0.29) is 0 Å². The van der Waals surface area contributed by atoms with Gasteiger partial charge in [-0.2, -0.15) is 0 Å². The minimum atomic E-state index is 0.691. The molecule has 0 radical (unpaired) electrons. The molecule has 12 aromatic heterocycles. The van der Waals surface area contributed by atoms with Crippen LogP contribution in [0.4, 0.5) is 0 Å². The molecular formula is C130H73N9S6. The second-order valence-electron chi connectivity index (χ2n) is 37.1. The summed E-state index contributed by atoms with van der Waals surface area (Å²) in [6, 6.07) is 159. The largest absolute Gasteiger partial charge is 0.276 e. The van der Waals surface area contributed by atoms with Crippen molar-refractivity contribution in [2.75, 3.05) is 0 Å². The van der Waals surface area contributed by atoms with E-state index in [9.17, 15) is 0 Å². The maximum Gasteiger partial charge on any atom is 0.235 e. The van der Waals surface area contributed by atoms with Gasteiger partial charge in [-0.3, -0.25) is 13.7 Å². The van der Waals surface area contributed by atoms with Crippen molar-refractivity contribution in [2.24, 2.45) is 0 Å². The third-order valence-corrected chi connectivity index (χ3v) is 36.3. The Hall–Kier alpha value is -17.4. The Morgan fingerprint density at radius 1 is 0.159 bits per heavy atom. The summed E-state index contributed by atoms with van der Waals surface area (Å²) >= 11 is 10.9. The maximum absolute atomic E-state index is 5.57. The fraction of sp³-hybridized carbons (Fsp3) is 0. The zero-order valence-electron chi connectivity index (χ0n) is 77.1. The normalized spacial score (nSPS) is 12.1. The topological polar surface area (TPSA) is 92.1 Å². The van der Waals surface area contributed by atoms with Crippen LogP contribution in [0, 0.1) is 0 Å². The van der Waals surface area contributed by atoms with Crippen LogP contribution in [-0.4, -0.2) is 43.6 Å². The van der Waals surface area contributed by atoms with Crippen molar-refractivity contribution >= 4 is 298 Å². The van der Waals surface area contributed by atoms with E-state index in [0.717, 1.165) is 97.1 Å². The molecule has 0 atom stereocenters. The molecule has 0 saturated heterocycles. The molecule has 15 heteroatoms. The van der Waals surface area contributed by atoms with E-state index in [1.54, 1.807) is 34.0 Å². The highest BCUT2D eigenvalue weighted by Gasteiger charge is 2.31. The van der Waals surface area contributed by atoms with Gasteiger partial charge in [0.05, 0.1) is 94.9 Å². The SMILES string of the molecule is c1ccc(-c2ccc(-c3nc(-n4c5ccccc5c5c6ccccc6c6c7ccccc7sc6c54)nc4c3sc3ccccc34)cc2)cc1.c1ccc(-c2cccc(-c3nc(-n4c5ccccc5c5c6ccccc6c6c7ccccc7sc6c54)nc4c3sc3ccccc34)c2)cc1.c1ccc2c(-c3nc(-n4c5ccccc5c5c6ccccc6c6c7ccccc7sc6c54)nc4c3sc3ccccc34)cccc2c1. The summed E-state index contributed by atoms with van der Waals surface area (Å²) in [5.74, 6) is 2.08. The lowest BCUT2D eigenvalue weighted by Gasteiger charge is -2.12. The van der Waals surface area contributed by atoms with E-state index in [4.69, 9.17) is 29.9 Å². The number of thiophene rings is 6. The quantitative estimate of drug-likeness (QED) is 0.150. The van der Waals surface area contributed by atoms with Gasteiger partial charge >= 0.3 is 0 Å². The monoisotopic (exact) mass is 1950 g/mol. The van der Waals surface area contributed by atoms with E-state index < -0.39 is 0 Å². The van der Waals surface area contributed by atoms with Gasteiger partial charge in [-0.15, -0.1) is 68.0 Å². The summed E-state index contributed by atoms with van der Waals surface area (Å²) in [5, 5.41) is 28.6. The number of hydrogen-bond donors (Lipinski definition) is 0. The Morgan fingerprint density at radius 2 is 0.414 bits per heavy atom. The highest BCUT2D eigenvalue weighted by atomic mass is 32.1. The van der Waals surface area contributed by atoms with Crippen LogP contribution in [0.1, 0.15) is 0 Å². The lowest BCUT2D eigenvalue weighted by atomic mass is 9.99. The minimum absolute atomic E-state index is 0.691. The third-order valence-electron chi connectivity index (χ3n) is 29.2. The first kappa shape index (κ1) is 82.4. The summed E-state index contributed by atoms with van der Waals surface area (Å²) in [4.78, 5) is 33.1. The van der Waals surface area contributed by atoms with Gasteiger partial charge < -0.3 is 0 Å². The van der Waals surface area contributed by atoms with Crippen LogP contribution in [0.5, 0.6) is 0 Å². The van der Waals surface area contributed by atoms with Crippen LogP contribution in [0.2, 0.25) is 0 Å². The molecule has 0 fully saturated rings. The lowest BCUT2D eigenvalue weighted by Crippen LogP contribution is -2.03. The van der Waals surface area contributed by atoms with Crippen molar-refractivity contribution in [1.82, 2.24) is 43.6 Å². The molecule has 0 aliphatic heterocycles. The first-order chi connectivity index (χ1) is 72.0. The van der Waals surface area contributed by atoms with Gasteiger partial charge in [0.2, 0.25) is 17.8 Å². The van der Waals surface area contributed by atoms with Gasteiger partial charge in [0.1, 0.15) is 0 Å². The average molecular weight is 1950 g/mol. The highest BCUT2D eigenvalue weighted by molar-refractivity contribution is 7.29. The predicted molar refractivity (Wildman–Crippen MR) is 624 cm³/mol. The van der Waals surface area contributed by atoms with Gasteiger partial charge in [-0.1, -0.05) is 382 Å². The molecule has 9 nitrogen and oxygen atoms in total. The molecule has 0 aliphatic carbocycles. The fourth-order valence-corrected chi connectivity index (χ4v) is 30.2. The molecule has 21 aromatic carbocycles. The average Bonchev–Trinajstić information content (AvgIpc) is 1.54. The van der Waals surface area contributed by atoms with Gasteiger partial charge in [-0.05, 0) is 126 Å². The molecule has 0 bridgehead atoms. The second kappa shape index (κ2) is 32.6. The molecule has 33 aromatic rings. The van der Waals surface area contributed by atoms with E-state index >= 15 is 0 Å². The number of rotatable bonds is 8. The molecule has 0 aliphatic rings. The molecular weight excluding hydrogens is 1880 g/mol. The first-order valence-electron chi connectivity index (χ1n) is 48.6. The van der Waals surface area contributed by atoms with Crippen LogP contribution in [0.15, 0.2) is 443 Å². The molecule has 33 rings (SSSR count). The Bertz CT molecular complexity index is 11300. The van der Waals surface area contributed by atoms with Gasteiger partial charge in [-0.25, -0.2) is 29.9 Å². The van der Waals surface area contributed by atoms with Crippen molar-refractivity contribution in [3.05, 3.63) is 443 Å². The zero-order chi connectivity index (χ0) is 94.7. The van der Waals surface area contributed by atoms with Crippen molar-refractivity contribution in [3.8, 4) is 73.9 Å². The number of aromatic nitrogens is 9.